The quantitative estimate of drug-likeness (QED) is 0.634. The predicted molar refractivity (Wildman–Crippen MR) is 72.2 cm³/mol. The molecule has 3 nitrogen and oxygen atoms in total. The van der Waals surface area contributed by atoms with Crippen LogP contribution in [0.5, 0.6) is 0 Å². The highest BCUT2D eigenvalue weighted by atomic mass is 35.5. The smallest absolute Gasteiger partial charge is 0.339 e. The second-order valence-corrected chi connectivity index (χ2v) is 4.22. The zero-order valence-electron chi connectivity index (χ0n) is 10.0. The Hall–Kier alpha value is -2.13. The molecule has 0 atom stereocenters. The molecule has 0 saturated carbocycles. The molecule has 2 aromatic carbocycles. The van der Waals surface area contributed by atoms with Crippen LogP contribution in [0.3, 0.4) is 0 Å². The topological polar surface area (TPSA) is 43.4 Å². The average molecular weight is 275 g/mol. The minimum absolute atomic E-state index is 0.155. The van der Waals surface area contributed by atoms with Gasteiger partial charge in [-0.15, -0.1) is 0 Å². The number of ether oxygens (including phenoxy) is 1. The summed E-state index contributed by atoms with van der Waals surface area (Å²) in [6.07, 6.45) is 0. The van der Waals surface area contributed by atoms with Crippen molar-refractivity contribution < 1.29 is 14.3 Å². The lowest BCUT2D eigenvalue weighted by atomic mass is 10.1. The fourth-order valence-corrected chi connectivity index (χ4v) is 1.80. The number of carbonyl (C=O) groups is 2. The van der Waals surface area contributed by atoms with Crippen molar-refractivity contribution in [1.29, 1.82) is 0 Å². The van der Waals surface area contributed by atoms with Gasteiger partial charge in [0, 0.05) is 5.56 Å². The Labute approximate surface area is 115 Å². The molecule has 0 unspecified atom stereocenters. The molecule has 0 bridgehead atoms. The molecule has 0 heterocycles. The summed E-state index contributed by atoms with van der Waals surface area (Å²) in [5, 5.41) is -0.674. The van der Waals surface area contributed by atoms with Crippen LogP contribution in [0.25, 0.3) is 0 Å². The van der Waals surface area contributed by atoms with Gasteiger partial charge in [-0.1, -0.05) is 42.5 Å². The first kappa shape index (κ1) is 13.3. The van der Waals surface area contributed by atoms with Gasteiger partial charge in [0.25, 0.3) is 5.24 Å². The lowest BCUT2D eigenvalue weighted by molar-refractivity contribution is 0.0470. The van der Waals surface area contributed by atoms with Crippen LogP contribution in [0.4, 0.5) is 0 Å². The summed E-state index contributed by atoms with van der Waals surface area (Å²) in [6.45, 7) is 0.157. The molecule has 0 spiro atoms. The molecule has 0 aliphatic rings. The van der Waals surface area contributed by atoms with Crippen molar-refractivity contribution in [3.8, 4) is 0 Å². The van der Waals surface area contributed by atoms with E-state index in [2.05, 4.69) is 0 Å². The van der Waals surface area contributed by atoms with E-state index in [0.29, 0.717) is 0 Å². The van der Waals surface area contributed by atoms with E-state index in [9.17, 15) is 9.59 Å². The van der Waals surface area contributed by atoms with E-state index >= 15 is 0 Å². The van der Waals surface area contributed by atoms with Gasteiger partial charge in [-0.05, 0) is 29.3 Å². The van der Waals surface area contributed by atoms with Crippen LogP contribution >= 0.6 is 11.6 Å². The van der Waals surface area contributed by atoms with Crippen LogP contribution in [-0.2, 0) is 11.3 Å². The van der Waals surface area contributed by atoms with Gasteiger partial charge in [0.15, 0.2) is 0 Å². The van der Waals surface area contributed by atoms with Gasteiger partial charge >= 0.3 is 5.97 Å². The van der Waals surface area contributed by atoms with Crippen LogP contribution in [0.1, 0.15) is 26.3 Å². The van der Waals surface area contributed by atoms with Crippen LogP contribution in [0.2, 0.25) is 0 Å². The average Bonchev–Trinajstić information content (AvgIpc) is 2.46. The number of halogens is 1. The van der Waals surface area contributed by atoms with Gasteiger partial charge < -0.3 is 4.74 Å². The SMILES string of the molecule is O=C(Cl)c1ccccc1C(=O)OCc1ccccc1. The van der Waals surface area contributed by atoms with Crippen LogP contribution < -0.4 is 0 Å². The molecule has 0 amide bonds. The molecule has 0 fully saturated rings. The van der Waals surface area contributed by atoms with Gasteiger partial charge in [0.2, 0.25) is 0 Å². The van der Waals surface area contributed by atoms with Crippen molar-refractivity contribution in [2.75, 3.05) is 0 Å². The van der Waals surface area contributed by atoms with Crippen molar-refractivity contribution in [1.82, 2.24) is 0 Å². The summed E-state index contributed by atoms with van der Waals surface area (Å²) in [7, 11) is 0. The normalized spacial score (nSPS) is 9.95. The molecular formula is C15H11ClO3. The largest absolute Gasteiger partial charge is 0.457 e. The first-order chi connectivity index (χ1) is 9.18. The third kappa shape index (κ3) is 3.42. The van der Waals surface area contributed by atoms with Crippen molar-refractivity contribution in [3.05, 3.63) is 71.3 Å². The van der Waals surface area contributed by atoms with E-state index in [1.807, 2.05) is 30.3 Å². The van der Waals surface area contributed by atoms with Crippen LogP contribution in [0, 0.1) is 0 Å². The van der Waals surface area contributed by atoms with Gasteiger partial charge in [-0.25, -0.2) is 4.79 Å². The number of hydrogen-bond acceptors (Lipinski definition) is 3. The summed E-state index contributed by atoms with van der Waals surface area (Å²) in [6, 6.07) is 15.6. The Morgan fingerprint density at radius 1 is 0.895 bits per heavy atom. The number of esters is 1. The number of carbonyl (C=O) groups excluding carboxylic acids is 2. The molecule has 96 valence electrons. The Morgan fingerprint density at radius 3 is 2.11 bits per heavy atom. The standard InChI is InChI=1S/C15H11ClO3/c16-14(17)12-8-4-5-9-13(12)15(18)19-10-11-6-2-1-3-7-11/h1-9H,10H2. The second-order valence-electron chi connectivity index (χ2n) is 3.88. The summed E-state index contributed by atoms with van der Waals surface area (Å²) < 4.78 is 5.16. The van der Waals surface area contributed by atoms with Crippen molar-refractivity contribution in [2.45, 2.75) is 6.61 Å². The molecule has 0 saturated heterocycles. The zero-order valence-corrected chi connectivity index (χ0v) is 10.8. The highest BCUT2D eigenvalue weighted by Gasteiger charge is 2.16. The summed E-state index contributed by atoms with van der Waals surface area (Å²) in [5.41, 5.74) is 1.21. The van der Waals surface area contributed by atoms with E-state index in [4.69, 9.17) is 16.3 Å². The summed E-state index contributed by atoms with van der Waals surface area (Å²) in [5.74, 6) is -0.562. The Bertz CT molecular complexity index is 593. The minimum Gasteiger partial charge on any atom is -0.457 e. The maximum absolute atomic E-state index is 11.9. The van der Waals surface area contributed by atoms with Gasteiger partial charge in [-0.2, -0.15) is 0 Å². The van der Waals surface area contributed by atoms with Crippen molar-refractivity contribution >= 4 is 22.8 Å². The third-order valence-electron chi connectivity index (χ3n) is 2.57. The lowest BCUT2D eigenvalue weighted by Gasteiger charge is -2.07. The van der Waals surface area contributed by atoms with Crippen LogP contribution in [-0.4, -0.2) is 11.2 Å². The molecule has 0 N–H and O–H groups in total. The summed E-state index contributed by atoms with van der Waals surface area (Å²) >= 11 is 5.42. The molecule has 4 heteroatoms. The molecule has 0 radical (unpaired) electrons. The number of rotatable bonds is 4. The molecular weight excluding hydrogens is 264 g/mol. The monoisotopic (exact) mass is 274 g/mol. The van der Waals surface area contributed by atoms with E-state index < -0.39 is 11.2 Å². The van der Waals surface area contributed by atoms with Crippen molar-refractivity contribution in [2.24, 2.45) is 0 Å². The molecule has 2 aromatic rings. The third-order valence-corrected chi connectivity index (χ3v) is 2.78. The van der Waals surface area contributed by atoms with Crippen molar-refractivity contribution in [3.63, 3.8) is 0 Å². The molecule has 0 aliphatic heterocycles. The van der Waals surface area contributed by atoms with E-state index in [1.165, 1.54) is 12.1 Å². The molecule has 0 aromatic heterocycles. The first-order valence-corrected chi connectivity index (χ1v) is 6.06. The summed E-state index contributed by atoms with van der Waals surface area (Å²) in [4.78, 5) is 23.1. The Morgan fingerprint density at radius 2 is 1.47 bits per heavy atom. The Kier molecular flexibility index (Phi) is 4.31. The van der Waals surface area contributed by atoms with E-state index in [-0.39, 0.29) is 17.7 Å². The maximum atomic E-state index is 11.9. The lowest BCUT2D eigenvalue weighted by Crippen LogP contribution is -2.09. The fourth-order valence-electron chi connectivity index (χ4n) is 1.63. The van der Waals surface area contributed by atoms with Gasteiger partial charge in [0.05, 0.1) is 5.56 Å². The second kappa shape index (κ2) is 6.16. The molecule has 0 aliphatic carbocycles. The van der Waals surface area contributed by atoms with Gasteiger partial charge in [0.1, 0.15) is 6.61 Å². The van der Waals surface area contributed by atoms with Crippen LogP contribution in [0.15, 0.2) is 54.6 Å². The highest BCUT2D eigenvalue weighted by molar-refractivity contribution is 6.68. The zero-order chi connectivity index (χ0) is 13.7. The first-order valence-electron chi connectivity index (χ1n) is 5.68. The predicted octanol–water partition coefficient (Wildman–Crippen LogP) is 3.42. The minimum atomic E-state index is -0.674. The highest BCUT2D eigenvalue weighted by Crippen LogP contribution is 2.14. The Balaban J connectivity index is 2.10. The molecule has 19 heavy (non-hydrogen) atoms. The maximum Gasteiger partial charge on any atom is 0.339 e. The fraction of sp³-hybridized carbons (Fsp3) is 0.0667. The molecule has 2 rings (SSSR count). The van der Waals surface area contributed by atoms with E-state index in [1.54, 1.807) is 12.1 Å². The number of hydrogen-bond donors (Lipinski definition) is 0. The van der Waals surface area contributed by atoms with E-state index in [0.717, 1.165) is 5.56 Å². The number of benzene rings is 2. The van der Waals surface area contributed by atoms with Gasteiger partial charge in [-0.3, -0.25) is 4.79 Å².